The maximum absolute atomic E-state index is 13.1. The molecule has 2 N–H and O–H groups in total. The van der Waals surface area contributed by atoms with E-state index >= 15 is 0 Å². The van der Waals surface area contributed by atoms with E-state index in [0.717, 1.165) is 27.3 Å². The predicted molar refractivity (Wildman–Crippen MR) is 141 cm³/mol. The van der Waals surface area contributed by atoms with Gasteiger partial charge in [-0.3, -0.25) is 14.4 Å². The van der Waals surface area contributed by atoms with Crippen molar-refractivity contribution in [3.8, 4) is 0 Å². The third-order valence-corrected chi connectivity index (χ3v) is 6.38. The summed E-state index contributed by atoms with van der Waals surface area (Å²) in [7, 11) is 0. The molecule has 3 amide bonds. The number of hydrogen-bond acceptors (Lipinski definition) is 4. The fraction of sp³-hybridized carbons (Fsp3) is 0.115. The molecule has 1 aliphatic rings. The number of amides is 3. The summed E-state index contributed by atoms with van der Waals surface area (Å²) in [5, 5.41) is 6.03. The molecule has 1 aliphatic heterocycles. The third-order valence-electron chi connectivity index (χ3n) is 5.49. The summed E-state index contributed by atoms with van der Waals surface area (Å²) in [6.45, 7) is 5.87. The zero-order chi connectivity index (χ0) is 25.4. The molecule has 0 aliphatic carbocycles. The van der Waals surface area contributed by atoms with E-state index in [1.54, 1.807) is 24.3 Å². The first kappa shape index (κ1) is 24.8. The largest absolute Gasteiger partial charge is 0.350 e. The van der Waals surface area contributed by atoms with Crippen LogP contribution in [0.4, 0.5) is 17.1 Å². The number of benzene rings is 3. The van der Waals surface area contributed by atoms with Crippen LogP contribution in [0.15, 0.2) is 65.3 Å². The van der Waals surface area contributed by atoms with Crippen LogP contribution in [0.25, 0.3) is 0 Å². The summed E-state index contributed by atoms with van der Waals surface area (Å²) >= 11 is 18.3. The molecule has 6 nitrogen and oxygen atoms in total. The van der Waals surface area contributed by atoms with Gasteiger partial charge in [0.05, 0.1) is 10.7 Å². The molecule has 0 spiro atoms. The Hall–Kier alpha value is -3.32. The van der Waals surface area contributed by atoms with Gasteiger partial charge in [-0.2, -0.15) is 0 Å². The molecule has 0 atom stereocenters. The van der Waals surface area contributed by atoms with Crippen molar-refractivity contribution in [3.63, 3.8) is 0 Å². The monoisotopic (exact) mass is 527 g/mol. The quantitative estimate of drug-likeness (QED) is 0.365. The molecule has 0 aromatic heterocycles. The molecule has 3 aromatic carbocycles. The number of nitrogens with zero attached hydrogens (tertiary/aromatic N) is 1. The van der Waals surface area contributed by atoms with Gasteiger partial charge in [0, 0.05) is 22.0 Å². The van der Waals surface area contributed by atoms with Gasteiger partial charge in [-0.25, -0.2) is 4.90 Å². The summed E-state index contributed by atoms with van der Waals surface area (Å²) in [4.78, 5) is 39.6. The molecule has 3 aromatic rings. The van der Waals surface area contributed by atoms with E-state index in [0.29, 0.717) is 16.3 Å². The summed E-state index contributed by atoms with van der Waals surface area (Å²) in [5.74, 6) is -1.71. The summed E-state index contributed by atoms with van der Waals surface area (Å²) in [6.07, 6.45) is 0. The average Bonchev–Trinajstić information content (AvgIpc) is 3.00. The lowest BCUT2D eigenvalue weighted by atomic mass is 10.0. The van der Waals surface area contributed by atoms with Crippen LogP contribution in [0.2, 0.25) is 10.0 Å². The van der Waals surface area contributed by atoms with E-state index in [1.165, 1.54) is 18.2 Å². The lowest BCUT2D eigenvalue weighted by molar-refractivity contribution is -0.120. The predicted octanol–water partition coefficient (Wildman–Crippen LogP) is 6.61. The van der Waals surface area contributed by atoms with E-state index in [2.05, 4.69) is 10.6 Å². The van der Waals surface area contributed by atoms with E-state index in [4.69, 9.17) is 34.8 Å². The highest BCUT2D eigenvalue weighted by Crippen LogP contribution is 2.35. The van der Waals surface area contributed by atoms with Crippen molar-refractivity contribution in [1.82, 2.24) is 0 Å². The van der Waals surface area contributed by atoms with Crippen molar-refractivity contribution in [3.05, 3.63) is 97.6 Å². The normalized spacial score (nSPS) is 13.5. The fourth-order valence-electron chi connectivity index (χ4n) is 3.94. The number of aryl methyl sites for hydroxylation is 3. The van der Waals surface area contributed by atoms with Gasteiger partial charge >= 0.3 is 0 Å². The number of imide groups is 1. The van der Waals surface area contributed by atoms with Crippen molar-refractivity contribution in [2.24, 2.45) is 0 Å². The second-order valence-electron chi connectivity index (χ2n) is 8.16. The topological polar surface area (TPSA) is 78.5 Å². The van der Waals surface area contributed by atoms with Crippen molar-refractivity contribution in [1.29, 1.82) is 0 Å². The number of halogens is 3. The molecule has 1 heterocycles. The second kappa shape index (κ2) is 9.74. The van der Waals surface area contributed by atoms with Crippen LogP contribution in [0.3, 0.4) is 0 Å². The maximum atomic E-state index is 13.1. The number of carbonyl (C=O) groups excluding carboxylic acids is 3. The number of nitrogens with one attached hydrogen (secondary N) is 2. The highest BCUT2D eigenvalue weighted by molar-refractivity contribution is 6.54. The van der Waals surface area contributed by atoms with Crippen molar-refractivity contribution < 1.29 is 14.4 Å². The lowest BCUT2D eigenvalue weighted by Crippen LogP contribution is -2.32. The van der Waals surface area contributed by atoms with Crippen LogP contribution in [-0.4, -0.2) is 17.7 Å². The number of carbonyl (C=O) groups is 3. The highest BCUT2D eigenvalue weighted by Gasteiger charge is 2.39. The van der Waals surface area contributed by atoms with Crippen LogP contribution in [0.1, 0.15) is 27.0 Å². The zero-order valence-electron chi connectivity index (χ0n) is 19.0. The van der Waals surface area contributed by atoms with Gasteiger partial charge in [0.1, 0.15) is 10.7 Å². The minimum absolute atomic E-state index is 0.120. The SMILES string of the molecule is Cc1cc(C)c(NC(=O)c2cccc(NC3=C(Cl)C(=O)N(c4ccc(Cl)cc4Cl)C3=O)c2)c(C)c1. The first-order valence-electron chi connectivity index (χ1n) is 10.6. The second-order valence-corrected chi connectivity index (χ2v) is 9.39. The molecule has 178 valence electrons. The zero-order valence-corrected chi connectivity index (χ0v) is 21.3. The van der Waals surface area contributed by atoms with Gasteiger partial charge in [0.2, 0.25) is 0 Å². The van der Waals surface area contributed by atoms with Crippen molar-refractivity contribution in [2.45, 2.75) is 20.8 Å². The van der Waals surface area contributed by atoms with Crippen molar-refractivity contribution >= 4 is 69.6 Å². The first-order valence-corrected chi connectivity index (χ1v) is 11.7. The Balaban J connectivity index is 1.57. The van der Waals surface area contributed by atoms with Gasteiger partial charge < -0.3 is 10.6 Å². The van der Waals surface area contributed by atoms with E-state index in [9.17, 15) is 14.4 Å². The molecular weight excluding hydrogens is 509 g/mol. The molecule has 0 saturated carbocycles. The smallest absolute Gasteiger partial charge is 0.283 e. The third kappa shape index (κ3) is 4.91. The number of hydrogen-bond donors (Lipinski definition) is 2. The molecule has 9 heteroatoms. The van der Waals surface area contributed by atoms with E-state index in [-0.39, 0.29) is 27.3 Å². The number of rotatable bonds is 5. The molecule has 0 fully saturated rings. The van der Waals surface area contributed by atoms with Crippen molar-refractivity contribution in [2.75, 3.05) is 15.5 Å². The Bertz CT molecular complexity index is 1410. The summed E-state index contributed by atoms with van der Waals surface area (Å²) in [5.41, 5.74) is 4.59. The molecule has 0 unspecified atom stereocenters. The fourth-order valence-corrected chi connectivity index (χ4v) is 4.64. The van der Waals surface area contributed by atoms with Crippen LogP contribution in [0, 0.1) is 20.8 Å². The van der Waals surface area contributed by atoms with E-state index in [1.807, 2.05) is 32.9 Å². The summed E-state index contributed by atoms with van der Waals surface area (Å²) < 4.78 is 0. The van der Waals surface area contributed by atoms with Gasteiger partial charge in [-0.15, -0.1) is 0 Å². The Morgan fingerprint density at radius 2 is 1.54 bits per heavy atom. The van der Waals surface area contributed by atoms with E-state index < -0.39 is 11.8 Å². The van der Waals surface area contributed by atoms with Crippen LogP contribution in [0.5, 0.6) is 0 Å². The number of anilines is 3. The first-order chi connectivity index (χ1) is 16.6. The Morgan fingerprint density at radius 3 is 2.20 bits per heavy atom. The molecule has 0 saturated heterocycles. The molecule has 35 heavy (non-hydrogen) atoms. The summed E-state index contributed by atoms with van der Waals surface area (Å²) in [6, 6.07) is 14.9. The van der Waals surface area contributed by atoms with Crippen LogP contribution < -0.4 is 15.5 Å². The van der Waals surface area contributed by atoms with Gasteiger partial charge in [0.15, 0.2) is 0 Å². The molecular formula is C26H20Cl3N3O3. The molecule has 0 radical (unpaired) electrons. The van der Waals surface area contributed by atoms with Gasteiger partial charge in [-0.1, -0.05) is 58.6 Å². The highest BCUT2D eigenvalue weighted by atomic mass is 35.5. The lowest BCUT2D eigenvalue weighted by Gasteiger charge is -2.17. The Labute approximate surface area is 217 Å². The standard InChI is InChI=1S/C26H20Cl3N3O3/c1-13-9-14(2)22(15(3)10-13)31-24(33)16-5-4-6-18(11-16)30-23-21(29)25(34)32(26(23)35)20-8-7-17(27)12-19(20)28/h4-12,30H,1-3H3,(H,31,33). The Kier molecular flexibility index (Phi) is 6.90. The van der Waals surface area contributed by atoms with Gasteiger partial charge in [0.25, 0.3) is 17.7 Å². The maximum Gasteiger partial charge on any atom is 0.283 e. The van der Waals surface area contributed by atoms with Crippen LogP contribution >= 0.6 is 34.8 Å². The van der Waals surface area contributed by atoms with Gasteiger partial charge in [-0.05, 0) is 68.3 Å². The minimum atomic E-state index is -0.720. The average molecular weight is 529 g/mol. The molecule has 0 bridgehead atoms. The molecule has 4 rings (SSSR count). The van der Waals surface area contributed by atoms with Crippen LogP contribution in [-0.2, 0) is 9.59 Å². The Morgan fingerprint density at radius 1 is 0.857 bits per heavy atom. The minimum Gasteiger partial charge on any atom is -0.350 e.